The molecule has 2 aromatic carbocycles. The van der Waals surface area contributed by atoms with Gasteiger partial charge >= 0.3 is 0 Å². The molecule has 164 valence electrons. The highest BCUT2D eigenvalue weighted by Crippen LogP contribution is 2.49. The van der Waals surface area contributed by atoms with Crippen LogP contribution in [0.15, 0.2) is 53.4 Å². The number of rotatable bonds is 5. The Hall–Kier alpha value is -2.18. The molecule has 4 atom stereocenters. The van der Waals surface area contributed by atoms with E-state index in [1.807, 2.05) is 18.2 Å². The topological polar surface area (TPSA) is 66.5 Å². The van der Waals surface area contributed by atoms with E-state index in [9.17, 15) is 13.2 Å². The molecule has 5 nitrogen and oxygen atoms in total. The summed E-state index contributed by atoms with van der Waals surface area (Å²) in [4.78, 5) is 13.1. The molecule has 6 heteroatoms. The number of nitrogens with one attached hydrogen (secondary N) is 1. The Bertz CT molecular complexity index is 1100. The summed E-state index contributed by atoms with van der Waals surface area (Å²) in [6, 6.07) is 14.6. The molecule has 0 unspecified atom stereocenters. The molecule has 1 amide bonds. The first-order chi connectivity index (χ1) is 14.9. The Morgan fingerprint density at radius 3 is 2.61 bits per heavy atom. The maximum Gasteiger partial charge on any atom is 0.251 e. The Morgan fingerprint density at radius 2 is 1.87 bits per heavy atom. The summed E-state index contributed by atoms with van der Waals surface area (Å²) in [6.45, 7) is 2.92. The van der Waals surface area contributed by atoms with Crippen molar-refractivity contribution in [2.45, 2.75) is 56.5 Å². The number of hydrogen-bond acceptors (Lipinski definition) is 3. The number of fused-ring (bicyclic) bond motifs is 3. The van der Waals surface area contributed by atoms with Crippen LogP contribution in [0.5, 0.6) is 0 Å². The quantitative estimate of drug-likeness (QED) is 0.768. The SMILES string of the molecule is C[C@H](NC(=O)c1cccc(S(=O)(=O)N2CCc3ccccc3C2)c1)[C@H]1C[C@@H]2CC[C@H]1C2. The zero-order chi connectivity index (χ0) is 21.6. The summed E-state index contributed by atoms with van der Waals surface area (Å²) in [6.07, 6.45) is 5.83. The van der Waals surface area contributed by atoms with Crippen molar-refractivity contribution in [3.8, 4) is 0 Å². The molecule has 1 N–H and O–H groups in total. The van der Waals surface area contributed by atoms with Gasteiger partial charge in [-0.05, 0) is 79.7 Å². The standard InChI is InChI=1S/C25H30N2O3S/c1-17(24-14-18-9-10-20(24)13-18)26-25(28)21-7-4-8-23(15-21)31(29,30)27-12-11-19-5-2-3-6-22(19)16-27/h2-8,15,17-18,20,24H,9-14,16H2,1H3,(H,26,28)/t17-,18+,20-,24+/m0/s1. The summed E-state index contributed by atoms with van der Waals surface area (Å²) in [7, 11) is -3.66. The first-order valence-corrected chi connectivity index (χ1v) is 12.8. The predicted octanol–water partition coefficient (Wildman–Crippen LogP) is 3.99. The number of sulfonamides is 1. The van der Waals surface area contributed by atoms with E-state index in [0.29, 0.717) is 31.0 Å². The van der Waals surface area contributed by atoms with Crippen LogP contribution in [0, 0.1) is 17.8 Å². The minimum absolute atomic E-state index is 0.113. The third-order valence-electron chi connectivity index (χ3n) is 7.62. The lowest BCUT2D eigenvalue weighted by molar-refractivity contribution is 0.0915. The fraction of sp³-hybridized carbons (Fsp3) is 0.480. The van der Waals surface area contributed by atoms with Gasteiger partial charge in [0.25, 0.3) is 5.91 Å². The summed E-state index contributed by atoms with van der Waals surface area (Å²) >= 11 is 0. The molecule has 5 rings (SSSR count). The molecule has 0 saturated heterocycles. The fourth-order valence-electron chi connectivity index (χ4n) is 5.93. The van der Waals surface area contributed by atoms with Crippen molar-refractivity contribution in [1.29, 1.82) is 0 Å². The van der Waals surface area contributed by atoms with Gasteiger partial charge in [-0.3, -0.25) is 4.79 Å². The normalized spacial score (nSPS) is 26.4. The second kappa shape index (κ2) is 8.06. The molecule has 1 heterocycles. The average molecular weight is 439 g/mol. The molecule has 0 aromatic heterocycles. The Kier molecular flexibility index (Phi) is 5.39. The number of nitrogens with zero attached hydrogens (tertiary/aromatic N) is 1. The summed E-state index contributed by atoms with van der Waals surface area (Å²) in [5.74, 6) is 1.92. The number of carbonyl (C=O) groups excluding carboxylic acids is 1. The average Bonchev–Trinajstić information content (AvgIpc) is 3.43. The van der Waals surface area contributed by atoms with E-state index in [2.05, 4.69) is 18.3 Å². The first-order valence-electron chi connectivity index (χ1n) is 11.4. The lowest BCUT2D eigenvalue weighted by Gasteiger charge is -2.29. The van der Waals surface area contributed by atoms with E-state index in [0.717, 1.165) is 17.4 Å². The second-order valence-electron chi connectivity index (χ2n) is 9.49. The van der Waals surface area contributed by atoms with Crippen molar-refractivity contribution in [2.75, 3.05) is 6.54 Å². The Labute approximate surface area is 184 Å². The smallest absolute Gasteiger partial charge is 0.251 e. The van der Waals surface area contributed by atoms with Crippen LogP contribution >= 0.6 is 0 Å². The highest BCUT2D eigenvalue weighted by molar-refractivity contribution is 7.89. The Balaban J connectivity index is 1.31. The highest BCUT2D eigenvalue weighted by atomic mass is 32.2. The van der Waals surface area contributed by atoms with E-state index in [-0.39, 0.29) is 16.8 Å². The molecule has 2 saturated carbocycles. The van der Waals surface area contributed by atoms with Gasteiger partial charge < -0.3 is 5.32 Å². The molecule has 2 fully saturated rings. The van der Waals surface area contributed by atoms with Crippen LogP contribution in [0.2, 0.25) is 0 Å². The fourth-order valence-corrected chi connectivity index (χ4v) is 7.39. The van der Waals surface area contributed by atoms with Crippen molar-refractivity contribution >= 4 is 15.9 Å². The number of hydrogen-bond donors (Lipinski definition) is 1. The van der Waals surface area contributed by atoms with E-state index in [4.69, 9.17) is 0 Å². The minimum Gasteiger partial charge on any atom is -0.349 e. The van der Waals surface area contributed by atoms with E-state index in [1.54, 1.807) is 18.2 Å². The van der Waals surface area contributed by atoms with Gasteiger partial charge in [0.15, 0.2) is 0 Å². The second-order valence-corrected chi connectivity index (χ2v) is 11.4. The third-order valence-corrected chi connectivity index (χ3v) is 9.46. The number of carbonyl (C=O) groups is 1. The van der Waals surface area contributed by atoms with Crippen LogP contribution in [0.3, 0.4) is 0 Å². The molecule has 0 radical (unpaired) electrons. The van der Waals surface area contributed by atoms with Gasteiger partial charge in [0.1, 0.15) is 0 Å². The minimum atomic E-state index is -3.66. The maximum absolute atomic E-state index is 13.3. The van der Waals surface area contributed by atoms with Crippen LogP contribution in [0.25, 0.3) is 0 Å². The van der Waals surface area contributed by atoms with Gasteiger partial charge in [0.05, 0.1) is 4.90 Å². The molecule has 0 spiro atoms. The van der Waals surface area contributed by atoms with Crippen molar-refractivity contribution in [2.24, 2.45) is 17.8 Å². The van der Waals surface area contributed by atoms with Gasteiger partial charge in [-0.1, -0.05) is 36.8 Å². The molecule has 2 aromatic rings. The van der Waals surface area contributed by atoms with Crippen LogP contribution < -0.4 is 5.32 Å². The van der Waals surface area contributed by atoms with Gasteiger partial charge in [-0.25, -0.2) is 8.42 Å². The van der Waals surface area contributed by atoms with Crippen molar-refractivity contribution in [3.63, 3.8) is 0 Å². The Morgan fingerprint density at radius 1 is 1.06 bits per heavy atom. The molecule has 31 heavy (non-hydrogen) atoms. The van der Waals surface area contributed by atoms with E-state index < -0.39 is 10.0 Å². The lowest BCUT2D eigenvalue weighted by Crippen LogP contribution is -2.40. The van der Waals surface area contributed by atoms with Crippen LogP contribution in [-0.4, -0.2) is 31.2 Å². The summed E-state index contributed by atoms with van der Waals surface area (Å²) in [5.41, 5.74) is 2.66. The largest absolute Gasteiger partial charge is 0.349 e. The van der Waals surface area contributed by atoms with Crippen LogP contribution in [0.4, 0.5) is 0 Å². The summed E-state index contributed by atoms with van der Waals surface area (Å²) < 4.78 is 28.1. The van der Waals surface area contributed by atoms with Gasteiger partial charge in [-0.2, -0.15) is 4.31 Å². The highest BCUT2D eigenvalue weighted by Gasteiger charge is 2.42. The molecular formula is C25H30N2O3S. The van der Waals surface area contributed by atoms with E-state index in [1.165, 1.54) is 41.6 Å². The van der Waals surface area contributed by atoms with Crippen LogP contribution in [0.1, 0.15) is 54.1 Å². The first kappa shape index (κ1) is 20.7. The number of amides is 1. The molecule has 3 aliphatic rings. The van der Waals surface area contributed by atoms with Gasteiger partial charge in [0, 0.05) is 24.7 Å². The zero-order valence-electron chi connectivity index (χ0n) is 18.0. The predicted molar refractivity (Wildman–Crippen MR) is 120 cm³/mol. The van der Waals surface area contributed by atoms with Crippen molar-refractivity contribution in [1.82, 2.24) is 9.62 Å². The van der Waals surface area contributed by atoms with Gasteiger partial charge in [0.2, 0.25) is 10.0 Å². The number of benzene rings is 2. The van der Waals surface area contributed by atoms with E-state index >= 15 is 0 Å². The molecule has 1 aliphatic heterocycles. The lowest BCUT2D eigenvalue weighted by atomic mass is 9.84. The molecule has 2 aliphatic carbocycles. The molecular weight excluding hydrogens is 408 g/mol. The molecule has 2 bridgehead atoms. The summed E-state index contributed by atoms with van der Waals surface area (Å²) in [5, 5.41) is 3.15. The third kappa shape index (κ3) is 3.92. The maximum atomic E-state index is 13.3. The van der Waals surface area contributed by atoms with Crippen LogP contribution in [-0.2, 0) is 23.0 Å². The zero-order valence-corrected chi connectivity index (χ0v) is 18.8. The van der Waals surface area contributed by atoms with Crippen molar-refractivity contribution < 1.29 is 13.2 Å². The van der Waals surface area contributed by atoms with Gasteiger partial charge in [-0.15, -0.1) is 0 Å². The monoisotopic (exact) mass is 438 g/mol. The van der Waals surface area contributed by atoms with Crippen molar-refractivity contribution in [3.05, 3.63) is 65.2 Å².